The van der Waals surface area contributed by atoms with E-state index in [1.165, 1.54) is 0 Å². The number of nitrogens with one attached hydrogen (secondary N) is 1. The zero-order valence-electron chi connectivity index (χ0n) is 12.3. The summed E-state index contributed by atoms with van der Waals surface area (Å²) in [5.41, 5.74) is 1.38. The van der Waals surface area contributed by atoms with Gasteiger partial charge in [0.2, 0.25) is 5.28 Å². The maximum atomic E-state index is 5.91. The molecular weight excluding hydrogens is 294 g/mol. The van der Waals surface area contributed by atoms with Gasteiger partial charge in [-0.25, -0.2) is 4.98 Å². The molecule has 2 aromatic rings. The molecule has 2 heterocycles. The molecule has 0 amide bonds. The standard InChI is InChI=1S/C12H20ClN5OSi/c1-14-10-9-11(17-12(13)16-10)18(7-15-9)8-19-5-6-20(2,3)4/h7H,5-6,8H2,1-4H3,(H,14,16,17). The number of hydrogen-bond acceptors (Lipinski definition) is 5. The van der Waals surface area contributed by atoms with Crippen LogP contribution in [-0.2, 0) is 11.5 Å². The smallest absolute Gasteiger partial charge is 0.226 e. The van der Waals surface area contributed by atoms with Crippen molar-refractivity contribution < 1.29 is 4.74 Å². The van der Waals surface area contributed by atoms with E-state index in [-0.39, 0.29) is 5.28 Å². The van der Waals surface area contributed by atoms with Gasteiger partial charge in [-0.2, -0.15) is 9.97 Å². The minimum atomic E-state index is -1.06. The number of anilines is 1. The lowest BCUT2D eigenvalue weighted by atomic mass is 10.5. The van der Waals surface area contributed by atoms with Crippen molar-refractivity contribution in [2.75, 3.05) is 19.0 Å². The van der Waals surface area contributed by atoms with Gasteiger partial charge >= 0.3 is 0 Å². The summed E-state index contributed by atoms with van der Waals surface area (Å²) < 4.78 is 7.55. The molecule has 0 spiro atoms. The average molecular weight is 314 g/mol. The van der Waals surface area contributed by atoms with Gasteiger partial charge in [-0.15, -0.1) is 0 Å². The molecular formula is C12H20ClN5OSi. The summed E-state index contributed by atoms with van der Waals surface area (Å²) in [6.45, 7) is 8.17. The van der Waals surface area contributed by atoms with Crippen molar-refractivity contribution in [2.45, 2.75) is 32.4 Å². The number of nitrogens with zero attached hydrogens (tertiary/aromatic N) is 4. The van der Waals surface area contributed by atoms with Gasteiger partial charge in [0.15, 0.2) is 17.0 Å². The van der Waals surface area contributed by atoms with E-state index >= 15 is 0 Å². The molecule has 0 unspecified atom stereocenters. The molecule has 0 saturated carbocycles. The lowest BCUT2D eigenvalue weighted by Crippen LogP contribution is -2.22. The molecule has 0 radical (unpaired) electrons. The molecule has 0 aliphatic carbocycles. The number of fused-ring (bicyclic) bond motifs is 1. The monoisotopic (exact) mass is 313 g/mol. The number of halogens is 1. The Morgan fingerprint density at radius 3 is 2.75 bits per heavy atom. The Bertz CT molecular complexity index is 595. The van der Waals surface area contributed by atoms with Crippen LogP contribution in [-0.4, -0.2) is 41.2 Å². The van der Waals surface area contributed by atoms with Crippen LogP contribution in [0.4, 0.5) is 5.82 Å². The third kappa shape index (κ3) is 3.68. The van der Waals surface area contributed by atoms with Crippen molar-refractivity contribution in [3.05, 3.63) is 11.6 Å². The fraction of sp³-hybridized carbons (Fsp3) is 0.583. The van der Waals surface area contributed by atoms with Crippen LogP contribution >= 0.6 is 11.6 Å². The zero-order valence-corrected chi connectivity index (χ0v) is 14.0. The minimum absolute atomic E-state index is 0.200. The molecule has 0 fully saturated rings. The van der Waals surface area contributed by atoms with Gasteiger partial charge in [0.1, 0.15) is 6.73 Å². The SMILES string of the molecule is CNc1nc(Cl)nc2c1ncn2COCC[Si](C)(C)C. The van der Waals surface area contributed by atoms with Crippen molar-refractivity contribution in [3.8, 4) is 0 Å². The first-order chi connectivity index (χ1) is 9.40. The third-order valence-corrected chi connectivity index (χ3v) is 4.77. The van der Waals surface area contributed by atoms with E-state index in [0.29, 0.717) is 23.7 Å². The fourth-order valence-electron chi connectivity index (χ4n) is 1.73. The van der Waals surface area contributed by atoms with Crippen molar-refractivity contribution in [1.29, 1.82) is 0 Å². The van der Waals surface area contributed by atoms with Crippen LogP contribution in [0.25, 0.3) is 11.2 Å². The summed E-state index contributed by atoms with van der Waals surface area (Å²) in [6, 6.07) is 1.14. The summed E-state index contributed by atoms with van der Waals surface area (Å²) >= 11 is 5.91. The third-order valence-electron chi connectivity index (χ3n) is 2.90. The van der Waals surface area contributed by atoms with Gasteiger partial charge in [0.25, 0.3) is 0 Å². The number of imidazole rings is 1. The molecule has 6 nitrogen and oxygen atoms in total. The summed E-state index contributed by atoms with van der Waals surface area (Å²) in [5, 5.41) is 3.16. The second-order valence-corrected chi connectivity index (χ2v) is 11.8. The molecule has 0 atom stereocenters. The molecule has 0 aromatic carbocycles. The summed E-state index contributed by atoms with van der Waals surface area (Å²) in [6.07, 6.45) is 1.70. The van der Waals surface area contributed by atoms with Gasteiger partial charge < -0.3 is 10.1 Å². The molecule has 0 bridgehead atoms. The number of aromatic nitrogens is 4. The highest BCUT2D eigenvalue weighted by molar-refractivity contribution is 6.76. The molecule has 0 aliphatic heterocycles. The quantitative estimate of drug-likeness (QED) is 0.504. The van der Waals surface area contributed by atoms with Crippen LogP contribution in [0.3, 0.4) is 0 Å². The number of rotatable bonds is 6. The van der Waals surface area contributed by atoms with Crippen LogP contribution in [0.15, 0.2) is 6.33 Å². The Hall–Kier alpha value is -1.18. The van der Waals surface area contributed by atoms with Crippen LogP contribution in [0.2, 0.25) is 31.0 Å². The molecule has 2 aromatic heterocycles. The van der Waals surface area contributed by atoms with Crippen molar-refractivity contribution >= 4 is 36.7 Å². The first-order valence-corrected chi connectivity index (χ1v) is 10.6. The minimum Gasteiger partial charge on any atom is -0.371 e. The number of hydrogen-bond donors (Lipinski definition) is 1. The van der Waals surface area contributed by atoms with Gasteiger partial charge in [0.05, 0.1) is 6.33 Å². The Labute approximate surface area is 124 Å². The molecule has 1 N–H and O–H groups in total. The van der Waals surface area contributed by atoms with E-state index in [1.807, 2.05) is 4.57 Å². The molecule has 2 rings (SSSR count). The van der Waals surface area contributed by atoms with E-state index in [0.717, 1.165) is 12.7 Å². The molecule has 0 aliphatic rings. The predicted octanol–water partition coefficient (Wildman–Crippen LogP) is 2.83. The lowest BCUT2D eigenvalue weighted by molar-refractivity contribution is 0.0895. The maximum Gasteiger partial charge on any atom is 0.226 e. The Morgan fingerprint density at radius 2 is 2.10 bits per heavy atom. The lowest BCUT2D eigenvalue weighted by Gasteiger charge is -2.15. The highest BCUT2D eigenvalue weighted by Crippen LogP contribution is 2.20. The molecule has 8 heteroatoms. The highest BCUT2D eigenvalue weighted by Gasteiger charge is 2.14. The highest BCUT2D eigenvalue weighted by atomic mass is 35.5. The van der Waals surface area contributed by atoms with Crippen LogP contribution in [0.1, 0.15) is 0 Å². The van der Waals surface area contributed by atoms with Crippen molar-refractivity contribution in [2.24, 2.45) is 0 Å². The summed E-state index contributed by atoms with van der Waals surface area (Å²) in [5.74, 6) is 0.626. The fourth-order valence-corrected chi connectivity index (χ4v) is 2.65. The Morgan fingerprint density at radius 1 is 1.35 bits per heavy atom. The van der Waals surface area contributed by atoms with E-state index in [4.69, 9.17) is 16.3 Å². The normalized spacial score (nSPS) is 12.1. The largest absolute Gasteiger partial charge is 0.371 e. The van der Waals surface area contributed by atoms with Gasteiger partial charge in [0, 0.05) is 21.7 Å². The maximum absolute atomic E-state index is 5.91. The van der Waals surface area contributed by atoms with E-state index in [9.17, 15) is 0 Å². The zero-order chi connectivity index (χ0) is 14.8. The molecule has 20 heavy (non-hydrogen) atoms. The van der Waals surface area contributed by atoms with E-state index in [1.54, 1.807) is 13.4 Å². The van der Waals surface area contributed by atoms with E-state index < -0.39 is 8.07 Å². The Balaban J connectivity index is 2.09. The van der Waals surface area contributed by atoms with Gasteiger partial charge in [-0.1, -0.05) is 19.6 Å². The van der Waals surface area contributed by atoms with E-state index in [2.05, 4.69) is 39.9 Å². The van der Waals surface area contributed by atoms with Crippen LogP contribution in [0, 0.1) is 0 Å². The van der Waals surface area contributed by atoms with Crippen LogP contribution in [0.5, 0.6) is 0 Å². The molecule has 110 valence electrons. The average Bonchev–Trinajstić information content (AvgIpc) is 2.75. The first-order valence-electron chi connectivity index (χ1n) is 6.54. The first kappa shape index (κ1) is 15.2. The summed E-state index contributed by atoms with van der Waals surface area (Å²) in [7, 11) is 0.716. The van der Waals surface area contributed by atoms with Crippen molar-refractivity contribution in [3.63, 3.8) is 0 Å². The van der Waals surface area contributed by atoms with Gasteiger partial charge in [-0.05, 0) is 17.6 Å². The number of ether oxygens (including phenoxy) is 1. The summed E-state index contributed by atoms with van der Waals surface area (Å²) in [4.78, 5) is 12.6. The topological polar surface area (TPSA) is 64.9 Å². The Kier molecular flexibility index (Phi) is 4.61. The second kappa shape index (κ2) is 6.07. The second-order valence-electron chi connectivity index (χ2n) is 5.83. The van der Waals surface area contributed by atoms with Crippen LogP contribution < -0.4 is 5.32 Å². The predicted molar refractivity (Wildman–Crippen MR) is 84.0 cm³/mol. The van der Waals surface area contributed by atoms with Crippen molar-refractivity contribution in [1.82, 2.24) is 19.5 Å². The molecule has 0 saturated heterocycles. The van der Waals surface area contributed by atoms with Gasteiger partial charge in [-0.3, -0.25) is 4.57 Å².